The van der Waals surface area contributed by atoms with Crippen LogP contribution in [-0.4, -0.2) is 44.2 Å². The Morgan fingerprint density at radius 1 is 1.18 bits per heavy atom. The van der Waals surface area contributed by atoms with Crippen molar-refractivity contribution in [3.63, 3.8) is 0 Å². The zero-order chi connectivity index (χ0) is 23.7. The van der Waals surface area contributed by atoms with E-state index in [4.69, 9.17) is 6.57 Å². The van der Waals surface area contributed by atoms with E-state index in [1.54, 1.807) is 12.4 Å². The van der Waals surface area contributed by atoms with Crippen molar-refractivity contribution in [2.24, 2.45) is 0 Å². The molecule has 0 saturated carbocycles. The number of fused-ring (bicyclic) bond motifs is 1. The summed E-state index contributed by atoms with van der Waals surface area (Å²) in [4.78, 5) is 26.9. The highest BCUT2D eigenvalue weighted by Crippen LogP contribution is 2.34. The van der Waals surface area contributed by atoms with Gasteiger partial charge in [-0.25, -0.2) is 29.2 Å². The molecule has 1 saturated heterocycles. The first kappa shape index (κ1) is 21.8. The summed E-state index contributed by atoms with van der Waals surface area (Å²) in [7, 11) is 0. The van der Waals surface area contributed by atoms with Crippen molar-refractivity contribution >= 4 is 28.5 Å². The fraction of sp³-hybridized carbons (Fsp3) is 0.320. The lowest BCUT2D eigenvalue weighted by Gasteiger charge is -2.29. The van der Waals surface area contributed by atoms with E-state index in [9.17, 15) is 4.39 Å². The minimum absolute atomic E-state index is 0.100. The molecule has 0 bridgehead atoms. The number of rotatable bonds is 5. The number of aryl methyl sites for hydroxylation is 1. The molecule has 0 aliphatic carbocycles. The second kappa shape index (κ2) is 9.06. The van der Waals surface area contributed by atoms with Crippen LogP contribution in [0, 0.1) is 13.5 Å². The number of hydrogen-bond donors (Lipinski definition) is 2. The van der Waals surface area contributed by atoms with Gasteiger partial charge in [-0.15, -0.1) is 0 Å². The Morgan fingerprint density at radius 2 is 2.00 bits per heavy atom. The predicted molar refractivity (Wildman–Crippen MR) is 131 cm³/mol. The van der Waals surface area contributed by atoms with Crippen LogP contribution >= 0.6 is 0 Å². The zero-order valence-electron chi connectivity index (χ0n) is 19.1. The minimum Gasteiger partial charge on any atom is -0.356 e. The maximum absolute atomic E-state index is 13.4. The Bertz CT molecular complexity index is 1350. The van der Waals surface area contributed by atoms with Gasteiger partial charge in [0.15, 0.2) is 0 Å². The molecule has 1 atom stereocenters. The van der Waals surface area contributed by atoms with E-state index >= 15 is 0 Å². The third-order valence-electron chi connectivity index (χ3n) is 6.18. The van der Waals surface area contributed by atoms with Crippen molar-refractivity contribution < 1.29 is 4.39 Å². The van der Waals surface area contributed by atoms with Crippen molar-refractivity contribution in [1.82, 2.24) is 24.9 Å². The molecule has 1 aliphatic heterocycles. The SMILES string of the molecule is [C-]#[N+]c1cnc(NC(C)c2ccc(N3CCC(F)CC3)nc2)nc1-c1c[nH]c2ncc(C)cc12. The summed E-state index contributed by atoms with van der Waals surface area (Å²) >= 11 is 0. The number of aromatic nitrogens is 5. The van der Waals surface area contributed by atoms with Crippen molar-refractivity contribution in [2.75, 3.05) is 23.3 Å². The highest BCUT2D eigenvalue weighted by atomic mass is 19.1. The van der Waals surface area contributed by atoms with Gasteiger partial charge in [0.05, 0.1) is 18.3 Å². The van der Waals surface area contributed by atoms with Gasteiger partial charge in [-0.2, -0.15) is 0 Å². The Kier molecular flexibility index (Phi) is 5.80. The third-order valence-corrected chi connectivity index (χ3v) is 6.18. The van der Waals surface area contributed by atoms with Crippen LogP contribution in [0.4, 0.5) is 21.8 Å². The number of nitrogens with zero attached hydrogens (tertiary/aromatic N) is 6. The van der Waals surface area contributed by atoms with Gasteiger partial charge < -0.3 is 15.2 Å². The Hall–Kier alpha value is -4.06. The largest absolute Gasteiger partial charge is 0.356 e. The average molecular weight is 457 g/mol. The van der Waals surface area contributed by atoms with Crippen LogP contribution in [0.15, 0.2) is 43.0 Å². The Balaban J connectivity index is 1.37. The van der Waals surface area contributed by atoms with E-state index in [0.717, 1.165) is 33.5 Å². The van der Waals surface area contributed by atoms with Crippen LogP contribution in [0.5, 0.6) is 0 Å². The molecule has 172 valence electrons. The van der Waals surface area contributed by atoms with Crippen LogP contribution in [0.1, 0.15) is 36.9 Å². The molecule has 5 heterocycles. The maximum atomic E-state index is 13.4. The molecule has 8 nitrogen and oxygen atoms in total. The molecule has 4 aromatic rings. The van der Waals surface area contributed by atoms with Gasteiger partial charge in [-0.05, 0) is 49.9 Å². The molecule has 9 heteroatoms. The lowest BCUT2D eigenvalue weighted by molar-refractivity contribution is 0.276. The molecule has 5 rings (SSSR count). The molecule has 0 radical (unpaired) electrons. The second-order valence-corrected chi connectivity index (χ2v) is 8.63. The molecule has 0 spiro atoms. The van der Waals surface area contributed by atoms with E-state index in [1.165, 1.54) is 0 Å². The number of nitrogens with one attached hydrogen (secondary N) is 2. The topological polar surface area (TPSA) is 87.0 Å². The first-order valence-corrected chi connectivity index (χ1v) is 11.3. The minimum atomic E-state index is -0.705. The number of aromatic amines is 1. The maximum Gasteiger partial charge on any atom is 0.231 e. The molecule has 0 aromatic carbocycles. The Labute approximate surface area is 197 Å². The fourth-order valence-corrected chi connectivity index (χ4v) is 4.22. The lowest BCUT2D eigenvalue weighted by Crippen LogP contribution is -2.34. The third kappa shape index (κ3) is 4.27. The van der Waals surface area contributed by atoms with Crippen LogP contribution in [0.2, 0.25) is 0 Å². The number of H-pyrrole nitrogens is 1. The average Bonchev–Trinajstić information content (AvgIpc) is 3.27. The molecule has 1 fully saturated rings. The van der Waals surface area contributed by atoms with Gasteiger partial charge in [0.1, 0.15) is 17.6 Å². The van der Waals surface area contributed by atoms with Crippen molar-refractivity contribution in [3.8, 4) is 11.3 Å². The van der Waals surface area contributed by atoms with Gasteiger partial charge in [0, 0.05) is 48.8 Å². The summed E-state index contributed by atoms with van der Waals surface area (Å²) in [6.07, 6.45) is 7.40. The summed E-state index contributed by atoms with van der Waals surface area (Å²) in [6.45, 7) is 12.9. The highest BCUT2D eigenvalue weighted by Gasteiger charge is 2.20. The summed E-state index contributed by atoms with van der Waals surface area (Å²) in [5.41, 5.74) is 4.52. The monoisotopic (exact) mass is 456 g/mol. The molecule has 34 heavy (non-hydrogen) atoms. The Morgan fingerprint density at radius 3 is 2.74 bits per heavy atom. The first-order chi connectivity index (χ1) is 16.5. The highest BCUT2D eigenvalue weighted by molar-refractivity contribution is 5.96. The lowest BCUT2D eigenvalue weighted by atomic mass is 10.1. The predicted octanol–water partition coefficient (Wildman–Crippen LogP) is 5.39. The van der Waals surface area contributed by atoms with Crippen LogP contribution in [0.3, 0.4) is 0 Å². The molecule has 1 unspecified atom stereocenters. The number of hydrogen-bond acceptors (Lipinski definition) is 6. The van der Waals surface area contributed by atoms with Crippen LogP contribution in [0.25, 0.3) is 27.1 Å². The van der Waals surface area contributed by atoms with Crippen LogP contribution in [-0.2, 0) is 0 Å². The summed E-state index contributed by atoms with van der Waals surface area (Å²) in [5, 5.41) is 4.24. The zero-order valence-corrected chi connectivity index (χ0v) is 19.1. The van der Waals surface area contributed by atoms with E-state index in [2.05, 4.69) is 40.0 Å². The van der Waals surface area contributed by atoms with Crippen molar-refractivity contribution in [1.29, 1.82) is 0 Å². The summed E-state index contributed by atoms with van der Waals surface area (Å²) < 4.78 is 13.4. The number of piperidine rings is 1. The number of halogens is 1. The molecular weight excluding hydrogens is 431 g/mol. The quantitative estimate of drug-likeness (QED) is 0.392. The molecule has 0 amide bonds. The van der Waals surface area contributed by atoms with E-state index in [0.29, 0.717) is 43.3 Å². The van der Waals surface area contributed by atoms with Gasteiger partial charge in [0.2, 0.25) is 11.6 Å². The van der Waals surface area contributed by atoms with Gasteiger partial charge in [-0.1, -0.05) is 6.07 Å². The van der Waals surface area contributed by atoms with Gasteiger partial charge >= 0.3 is 0 Å². The van der Waals surface area contributed by atoms with Crippen molar-refractivity contribution in [3.05, 3.63) is 65.5 Å². The smallest absolute Gasteiger partial charge is 0.231 e. The number of anilines is 2. The number of alkyl halides is 1. The standard InChI is InChI=1S/C25H25FN8/c1-15-10-19-20(13-30-24(19)29-11-15)23-21(27-3)14-31-25(33-23)32-16(2)17-4-5-22(28-12-17)34-8-6-18(26)7-9-34/h4-5,10-14,16,18H,6-9H2,1-2H3,(H,29,30)(H,31,32,33). The fourth-order valence-electron chi connectivity index (χ4n) is 4.22. The molecule has 1 aliphatic rings. The molecule has 4 aromatic heterocycles. The second-order valence-electron chi connectivity index (χ2n) is 8.63. The van der Waals surface area contributed by atoms with Gasteiger partial charge in [0.25, 0.3) is 0 Å². The van der Waals surface area contributed by atoms with Crippen molar-refractivity contribution in [2.45, 2.75) is 38.9 Å². The van der Waals surface area contributed by atoms with Crippen LogP contribution < -0.4 is 10.2 Å². The molecular formula is C25H25FN8. The first-order valence-electron chi connectivity index (χ1n) is 11.3. The van der Waals surface area contributed by atoms with E-state index < -0.39 is 6.17 Å². The summed E-state index contributed by atoms with van der Waals surface area (Å²) in [5.74, 6) is 1.30. The van der Waals surface area contributed by atoms with Gasteiger partial charge in [-0.3, -0.25) is 0 Å². The van der Waals surface area contributed by atoms with E-state index in [1.807, 2.05) is 44.4 Å². The summed E-state index contributed by atoms with van der Waals surface area (Å²) in [6, 6.07) is 5.92. The van der Waals surface area contributed by atoms with E-state index in [-0.39, 0.29) is 6.04 Å². The normalized spacial score (nSPS) is 15.3. The number of pyridine rings is 2. The molecule has 2 N–H and O–H groups in total.